The Balaban J connectivity index is 1.29. The van der Waals surface area contributed by atoms with Crippen molar-refractivity contribution in [3.8, 4) is 5.75 Å². The zero-order chi connectivity index (χ0) is 21.5. The van der Waals surface area contributed by atoms with Crippen LogP contribution in [-0.4, -0.2) is 78.3 Å². The zero-order valence-corrected chi connectivity index (χ0v) is 18.8. The molecule has 31 heavy (non-hydrogen) atoms. The van der Waals surface area contributed by atoms with E-state index in [-0.39, 0.29) is 6.61 Å². The largest absolute Gasteiger partial charge is 0.489 e. The van der Waals surface area contributed by atoms with Crippen molar-refractivity contribution < 1.29 is 9.84 Å². The Hall–Kier alpha value is -1.92. The molecule has 1 atom stereocenters. The summed E-state index contributed by atoms with van der Waals surface area (Å²) in [5, 5.41) is 9.65. The van der Waals surface area contributed by atoms with Crippen molar-refractivity contribution in [3.63, 3.8) is 0 Å². The van der Waals surface area contributed by atoms with Gasteiger partial charge in [0.25, 0.3) is 0 Å². The average molecular weight is 424 g/mol. The minimum absolute atomic E-state index is 0.273. The van der Waals surface area contributed by atoms with Crippen molar-refractivity contribution in [3.05, 3.63) is 65.7 Å². The SMILES string of the molecule is CN1CCC(N2CCN(Cc3ccc(OCc4ccccc4)cc3)C[C@H]2CCO)CC1. The molecule has 2 aliphatic rings. The first kappa shape index (κ1) is 22.3. The molecule has 0 saturated carbocycles. The van der Waals surface area contributed by atoms with Gasteiger partial charge in [-0.15, -0.1) is 0 Å². The molecular formula is C26H37N3O2. The predicted molar refractivity (Wildman–Crippen MR) is 125 cm³/mol. The molecule has 2 heterocycles. The van der Waals surface area contributed by atoms with Gasteiger partial charge in [-0.1, -0.05) is 42.5 Å². The fourth-order valence-electron chi connectivity index (χ4n) is 4.98. The van der Waals surface area contributed by atoms with E-state index in [0.29, 0.717) is 18.7 Å². The predicted octanol–water partition coefficient (Wildman–Crippen LogP) is 3.23. The molecule has 2 saturated heterocycles. The summed E-state index contributed by atoms with van der Waals surface area (Å²) < 4.78 is 5.92. The van der Waals surface area contributed by atoms with Crippen LogP contribution in [-0.2, 0) is 13.2 Å². The number of rotatable bonds is 8. The zero-order valence-electron chi connectivity index (χ0n) is 18.8. The molecule has 0 aromatic heterocycles. The summed E-state index contributed by atoms with van der Waals surface area (Å²) in [5.41, 5.74) is 2.51. The third-order valence-electron chi connectivity index (χ3n) is 6.81. The standard InChI is InChI=1S/C26H37N3O2/c1-27-14-11-24(12-15-27)29-17-16-28(20-25(29)13-18-30)19-22-7-9-26(10-8-22)31-21-23-5-3-2-4-6-23/h2-10,24-25,30H,11-21H2,1H3/t25-/m1/s1. The van der Waals surface area contributed by atoms with Crippen molar-refractivity contribution in [1.29, 1.82) is 0 Å². The monoisotopic (exact) mass is 423 g/mol. The highest BCUT2D eigenvalue weighted by Gasteiger charge is 2.32. The normalized spacial score (nSPS) is 21.9. The van der Waals surface area contributed by atoms with Crippen molar-refractivity contribution in [2.45, 2.75) is 44.5 Å². The van der Waals surface area contributed by atoms with Gasteiger partial charge in [-0.05, 0) is 62.7 Å². The van der Waals surface area contributed by atoms with Crippen LogP contribution in [0.5, 0.6) is 5.75 Å². The van der Waals surface area contributed by atoms with E-state index < -0.39 is 0 Å². The molecule has 0 unspecified atom stereocenters. The molecule has 5 nitrogen and oxygen atoms in total. The summed E-state index contributed by atoms with van der Waals surface area (Å²) >= 11 is 0. The number of hydrogen-bond donors (Lipinski definition) is 1. The highest BCUT2D eigenvalue weighted by molar-refractivity contribution is 5.28. The maximum Gasteiger partial charge on any atom is 0.119 e. The van der Waals surface area contributed by atoms with Gasteiger partial charge in [-0.3, -0.25) is 9.80 Å². The van der Waals surface area contributed by atoms with Crippen molar-refractivity contribution in [1.82, 2.24) is 14.7 Å². The van der Waals surface area contributed by atoms with Crippen molar-refractivity contribution in [2.75, 3.05) is 46.4 Å². The fourth-order valence-corrected chi connectivity index (χ4v) is 4.98. The lowest BCUT2D eigenvalue weighted by Crippen LogP contribution is -2.58. The maximum atomic E-state index is 9.65. The van der Waals surface area contributed by atoms with Gasteiger partial charge in [0, 0.05) is 44.9 Å². The topological polar surface area (TPSA) is 39.2 Å². The first-order valence-electron chi connectivity index (χ1n) is 11.7. The lowest BCUT2D eigenvalue weighted by Gasteiger charge is -2.47. The number of aliphatic hydroxyl groups excluding tert-OH is 1. The summed E-state index contributed by atoms with van der Waals surface area (Å²) in [6, 6.07) is 19.9. The second-order valence-corrected chi connectivity index (χ2v) is 9.09. The Bertz CT molecular complexity index is 775. The molecule has 0 radical (unpaired) electrons. The Morgan fingerprint density at radius 1 is 0.903 bits per heavy atom. The quantitative estimate of drug-likeness (QED) is 0.706. The smallest absolute Gasteiger partial charge is 0.119 e. The van der Waals surface area contributed by atoms with Crippen LogP contribution in [0, 0.1) is 0 Å². The van der Waals surface area contributed by atoms with Gasteiger partial charge in [-0.2, -0.15) is 0 Å². The van der Waals surface area contributed by atoms with Crippen LogP contribution >= 0.6 is 0 Å². The highest BCUT2D eigenvalue weighted by atomic mass is 16.5. The summed E-state index contributed by atoms with van der Waals surface area (Å²) in [7, 11) is 2.22. The van der Waals surface area contributed by atoms with Crippen LogP contribution in [0.4, 0.5) is 0 Å². The van der Waals surface area contributed by atoms with E-state index in [9.17, 15) is 5.11 Å². The third-order valence-corrected chi connectivity index (χ3v) is 6.81. The minimum Gasteiger partial charge on any atom is -0.489 e. The van der Waals surface area contributed by atoms with Crippen molar-refractivity contribution in [2.24, 2.45) is 0 Å². The van der Waals surface area contributed by atoms with E-state index in [2.05, 4.69) is 58.1 Å². The molecular weight excluding hydrogens is 386 g/mol. The average Bonchev–Trinajstić information content (AvgIpc) is 2.81. The Morgan fingerprint density at radius 2 is 1.65 bits per heavy atom. The van der Waals surface area contributed by atoms with Gasteiger partial charge in [0.05, 0.1) is 0 Å². The minimum atomic E-state index is 0.273. The van der Waals surface area contributed by atoms with Gasteiger partial charge in [0.2, 0.25) is 0 Å². The maximum absolute atomic E-state index is 9.65. The van der Waals surface area contributed by atoms with Crippen LogP contribution in [0.2, 0.25) is 0 Å². The number of hydrogen-bond acceptors (Lipinski definition) is 5. The molecule has 2 fully saturated rings. The third kappa shape index (κ3) is 6.30. The summed E-state index contributed by atoms with van der Waals surface area (Å²) in [4.78, 5) is 7.67. The fraction of sp³-hybridized carbons (Fsp3) is 0.538. The molecule has 0 spiro atoms. The van der Waals surface area contributed by atoms with Gasteiger partial charge >= 0.3 is 0 Å². The molecule has 2 aliphatic heterocycles. The van der Waals surface area contributed by atoms with Crippen LogP contribution < -0.4 is 4.74 Å². The van der Waals surface area contributed by atoms with E-state index in [1.54, 1.807) is 0 Å². The highest BCUT2D eigenvalue weighted by Crippen LogP contribution is 2.24. The summed E-state index contributed by atoms with van der Waals surface area (Å²) in [6.07, 6.45) is 3.38. The first-order chi connectivity index (χ1) is 15.2. The molecule has 0 aliphatic carbocycles. The van der Waals surface area contributed by atoms with Crippen molar-refractivity contribution >= 4 is 0 Å². The van der Waals surface area contributed by atoms with Gasteiger partial charge in [-0.25, -0.2) is 0 Å². The van der Waals surface area contributed by atoms with Gasteiger partial charge in [0.15, 0.2) is 0 Å². The second kappa shape index (κ2) is 11.1. The molecule has 1 N–H and O–H groups in total. The molecule has 0 amide bonds. The lowest BCUT2D eigenvalue weighted by atomic mass is 9.98. The Labute approximate surface area is 187 Å². The van der Waals surface area contributed by atoms with E-state index in [1.807, 2.05) is 18.2 Å². The molecule has 2 aromatic rings. The van der Waals surface area contributed by atoms with E-state index >= 15 is 0 Å². The first-order valence-corrected chi connectivity index (χ1v) is 11.7. The number of piperazine rings is 1. The molecule has 2 aromatic carbocycles. The van der Waals surface area contributed by atoms with Crippen LogP contribution in [0.25, 0.3) is 0 Å². The Kier molecular flexibility index (Phi) is 7.97. The summed E-state index contributed by atoms with van der Waals surface area (Å²) in [6.45, 7) is 7.46. The van der Waals surface area contributed by atoms with Gasteiger partial charge < -0.3 is 14.7 Å². The number of aliphatic hydroxyl groups is 1. The van der Waals surface area contributed by atoms with Crippen LogP contribution in [0.15, 0.2) is 54.6 Å². The van der Waals surface area contributed by atoms with E-state index in [4.69, 9.17) is 4.74 Å². The molecule has 0 bridgehead atoms. The molecule has 5 heteroatoms. The van der Waals surface area contributed by atoms with E-state index in [0.717, 1.165) is 38.3 Å². The van der Waals surface area contributed by atoms with Crippen LogP contribution in [0.3, 0.4) is 0 Å². The number of benzene rings is 2. The number of nitrogens with zero attached hydrogens (tertiary/aromatic N) is 3. The number of likely N-dealkylation sites (tertiary alicyclic amines) is 1. The lowest BCUT2D eigenvalue weighted by molar-refractivity contribution is 0.00599. The Morgan fingerprint density at radius 3 is 2.35 bits per heavy atom. The summed E-state index contributed by atoms with van der Waals surface area (Å²) in [5.74, 6) is 0.915. The van der Waals surface area contributed by atoms with Gasteiger partial charge in [0.1, 0.15) is 12.4 Å². The number of ether oxygens (including phenoxy) is 1. The second-order valence-electron chi connectivity index (χ2n) is 9.09. The molecule has 4 rings (SSSR count). The van der Waals surface area contributed by atoms with Crippen LogP contribution in [0.1, 0.15) is 30.4 Å². The number of piperidine rings is 1. The molecule has 168 valence electrons. The van der Waals surface area contributed by atoms with E-state index in [1.165, 1.54) is 37.1 Å².